The monoisotopic (exact) mass is 283 g/mol. The van der Waals surface area contributed by atoms with Gasteiger partial charge in [-0.2, -0.15) is 0 Å². The Morgan fingerprint density at radius 2 is 2.19 bits per heavy atom. The zero-order valence-electron chi connectivity index (χ0n) is 12.0. The second kappa shape index (κ2) is 5.01. The van der Waals surface area contributed by atoms with Crippen molar-refractivity contribution in [3.63, 3.8) is 0 Å². The molecule has 108 valence electrons. The Hall–Kier alpha value is -2.69. The molecule has 3 rings (SSSR count). The highest BCUT2D eigenvalue weighted by Gasteiger charge is 2.17. The predicted octanol–water partition coefficient (Wildman–Crippen LogP) is 2.92. The average molecular weight is 283 g/mol. The Kier molecular flexibility index (Phi) is 3.17. The van der Waals surface area contributed by atoms with E-state index in [1.165, 1.54) is 0 Å². The molecule has 1 aromatic carbocycles. The van der Waals surface area contributed by atoms with Crippen LogP contribution in [-0.2, 0) is 6.54 Å². The van der Waals surface area contributed by atoms with Gasteiger partial charge in [0.1, 0.15) is 5.76 Å². The summed E-state index contributed by atoms with van der Waals surface area (Å²) in [6, 6.07) is 7.37. The molecular formula is C16H17N3O2. The number of anilines is 1. The zero-order valence-corrected chi connectivity index (χ0v) is 12.0. The topological polar surface area (TPSA) is 75.3 Å². The van der Waals surface area contributed by atoms with Crippen molar-refractivity contribution in [2.24, 2.45) is 0 Å². The number of nitrogen functional groups attached to an aromatic ring is 1. The smallest absolute Gasteiger partial charge is 0.256 e. The van der Waals surface area contributed by atoms with E-state index < -0.39 is 0 Å². The Labute approximate surface area is 122 Å². The lowest BCUT2D eigenvalue weighted by Crippen LogP contribution is -2.26. The van der Waals surface area contributed by atoms with Gasteiger partial charge in [0, 0.05) is 41.9 Å². The fourth-order valence-corrected chi connectivity index (χ4v) is 2.43. The van der Waals surface area contributed by atoms with Gasteiger partial charge < -0.3 is 20.0 Å². The molecule has 0 atom stereocenters. The number of nitrogens with zero attached hydrogens (tertiary/aromatic N) is 1. The number of carbonyl (C=O) groups excluding carboxylic acids is 1. The third-order valence-electron chi connectivity index (χ3n) is 3.66. The van der Waals surface area contributed by atoms with Crippen molar-refractivity contribution in [1.82, 2.24) is 9.88 Å². The van der Waals surface area contributed by atoms with E-state index in [1.54, 1.807) is 30.5 Å². The van der Waals surface area contributed by atoms with E-state index >= 15 is 0 Å². The Morgan fingerprint density at radius 3 is 2.90 bits per heavy atom. The molecule has 0 saturated heterocycles. The molecule has 0 saturated carbocycles. The molecule has 0 unspecified atom stereocenters. The van der Waals surface area contributed by atoms with E-state index in [1.807, 2.05) is 25.1 Å². The van der Waals surface area contributed by atoms with E-state index in [4.69, 9.17) is 10.2 Å². The lowest BCUT2D eigenvalue weighted by Gasteiger charge is -2.16. The second-order valence-electron chi connectivity index (χ2n) is 5.17. The molecule has 0 aliphatic heterocycles. The molecule has 5 nitrogen and oxygen atoms in total. The molecular weight excluding hydrogens is 266 g/mol. The van der Waals surface area contributed by atoms with Crippen molar-refractivity contribution in [3.05, 3.63) is 53.6 Å². The summed E-state index contributed by atoms with van der Waals surface area (Å²) in [5.41, 5.74) is 8.95. The van der Waals surface area contributed by atoms with E-state index in [0.717, 1.165) is 22.2 Å². The first kappa shape index (κ1) is 13.3. The fourth-order valence-electron chi connectivity index (χ4n) is 2.43. The average Bonchev–Trinajstić information content (AvgIpc) is 3.04. The van der Waals surface area contributed by atoms with Crippen LogP contribution >= 0.6 is 0 Å². The predicted molar refractivity (Wildman–Crippen MR) is 82.0 cm³/mol. The van der Waals surface area contributed by atoms with Gasteiger partial charge >= 0.3 is 0 Å². The molecule has 2 aromatic heterocycles. The van der Waals surface area contributed by atoms with Gasteiger partial charge in [-0.15, -0.1) is 0 Å². The molecule has 0 radical (unpaired) electrons. The number of hydrogen-bond acceptors (Lipinski definition) is 3. The molecule has 0 spiro atoms. The van der Waals surface area contributed by atoms with Gasteiger partial charge in [0.2, 0.25) is 0 Å². The number of nitrogens with two attached hydrogens (primary N) is 1. The number of hydrogen-bond donors (Lipinski definition) is 2. The Bertz CT molecular complexity index is 801. The maximum atomic E-state index is 12.6. The number of fused-ring (bicyclic) bond motifs is 1. The third-order valence-corrected chi connectivity index (χ3v) is 3.66. The molecule has 0 fully saturated rings. The number of furan rings is 1. The van der Waals surface area contributed by atoms with Crippen molar-refractivity contribution < 1.29 is 9.21 Å². The number of nitrogens with one attached hydrogen (secondary N) is 1. The number of amides is 1. The minimum atomic E-state index is -0.0355. The number of rotatable bonds is 3. The van der Waals surface area contributed by atoms with Gasteiger partial charge in [0.25, 0.3) is 5.91 Å². The lowest BCUT2D eigenvalue weighted by molar-refractivity contribution is 0.0786. The molecule has 3 aromatic rings. The number of aromatic amines is 1. The van der Waals surface area contributed by atoms with Crippen LogP contribution in [0.25, 0.3) is 10.9 Å². The van der Waals surface area contributed by atoms with Gasteiger partial charge in [-0.3, -0.25) is 4.79 Å². The van der Waals surface area contributed by atoms with Gasteiger partial charge in [-0.25, -0.2) is 0 Å². The van der Waals surface area contributed by atoms with E-state index in [0.29, 0.717) is 17.8 Å². The Morgan fingerprint density at radius 1 is 1.38 bits per heavy atom. The van der Waals surface area contributed by atoms with Crippen LogP contribution in [0.1, 0.15) is 21.7 Å². The summed E-state index contributed by atoms with van der Waals surface area (Å²) >= 11 is 0. The molecule has 21 heavy (non-hydrogen) atoms. The van der Waals surface area contributed by atoms with E-state index in [2.05, 4.69) is 4.98 Å². The molecule has 2 heterocycles. The summed E-state index contributed by atoms with van der Waals surface area (Å²) in [4.78, 5) is 17.4. The summed E-state index contributed by atoms with van der Waals surface area (Å²) in [7, 11) is 1.78. The van der Waals surface area contributed by atoms with Crippen LogP contribution in [0.4, 0.5) is 5.69 Å². The van der Waals surface area contributed by atoms with Gasteiger partial charge in [-0.1, -0.05) is 0 Å². The first-order chi connectivity index (χ1) is 10.1. The number of aromatic nitrogens is 1. The quantitative estimate of drug-likeness (QED) is 0.726. The largest absolute Gasteiger partial charge is 0.469 e. The van der Waals surface area contributed by atoms with Crippen LogP contribution in [0.3, 0.4) is 0 Å². The van der Waals surface area contributed by atoms with Crippen LogP contribution in [0.15, 0.2) is 41.1 Å². The van der Waals surface area contributed by atoms with Crippen molar-refractivity contribution in [2.75, 3.05) is 12.8 Å². The zero-order chi connectivity index (χ0) is 15.0. The lowest BCUT2D eigenvalue weighted by atomic mass is 10.1. The van der Waals surface area contributed by atoms with Crippen molar-refractivity contribution in [3.8, 4) is 0 Å². The van der Waals surface area contributed by atoms with Gasteiger partial charge in [0.05, 0.1) is 11.8 Å². The fraction of sp³-hybridized carbons (Fsp3) is 0.188. The number of carbonyl (C=O) groups is 1. The number of aryl methyl sites for hydroxylation is 1. The summed E-state index contributed by atoms with van der Waals surface area (Å²) in [6.07, 6.45) is 3.36. The molecule has 0 bridgehead atoms. The number of H-pyrrole nitrogens is 1. The van der Waals surface area contributed by atoms with Crippen LogP contribution in [0, 0.1) is 6.92 Å². The first-order valence-electron chi connectivity index (χ1n) is 6.71. The van der Waals surface area contributed by atoms with Crippen molar-refractivity contribution in [2.45, 2.75) is 13.5 Å². The highest BCUT2D eigenvalue weighted by Crippen LogP contribution is 2.22. The minimum absolute atomic E-state index is 0.0355. The van der Waals surface area contributed by atoms with Gasteiger partial charge in [0.15, 0.2) is 0 Å². The summed E-state index contributed by atoms with van der Waals surface area (Å²) in [6.45, 7) is 2.41. The first-order valence-corrected chi connectivity index (χ1v) is 6.71. The second-order valence-corrected chi connectivity index (χ2v) is 5.17. The minimum Gasteiger partial charge on any atom is -0.469 e. The number of benzene rings is 1. The SMILES string of the molecule is Cc1occc1CN(C)C(=O)c1c[nH]c2cc(N)ccc12. The van der Waals surface area contributed by atoms with Crippen molar-refractivity contribution >= 4 is 22.5 Å². The van der Waals surface area contributed by atoms with E-state index in [-0.39, 0.29) is 5.91 Å². The maximum Gasteiger partial charge on any atom is 0.256 e. The molecule has 5 heteroatoms. The molecule has 0 aliphatic rings. The normalized spacial score (nSPS) is 11.0. The maximum absolute atomic E-state index is 12.6. The van der Waals surface area contributed by atoms with Crippen LogP contribution in [0.2, 0.25) is 0 Å². The third kappa shape index (κ3) is 2.38. The van der Waals surface area contributed by atoms with E-state index in [9.17, 15) is 4.79 Å². The summed E-state index contributed by atoms with van der Waals surface area (Å²) in [5, 5.41) is 0.880. The summed E-state index contributed by atoms with van der Waals surface area (Å²) in [5.74, 6) is 0.799. The van der Waals surface area contributed by atoms with Crippen LogP contribution in [0.5, 0.6) is 0 Å². The highest BCUT2D eigenvalue weighted by atomic mass is 16.3. The van der Waals surface area contributed by atoms with Crippen LogP contribution in [-0.4, -0.2) is 22.8 Å². The molecule has 0 aliphatic carbocycles. The molecule has 1 amide bonds. The molecule has 3 N–H and O–H groups in total. The highest BCUT2D eigenvalue weighted by molar-refractivity contribution is 6.07. The Balaban J connectivity index is 1.88. The van der Waals surface area contributed by atoms with Gasteiger partial charge in [-0.05, 0) is 31.2 Å². The standard InChI is InChI=1S/C16H17N3O2/c1-10-11(5-6-21-10)9-19(2)16(20)14-8-18-15-7-12(17)3-4-13(14)15/h3-8,18H,9,17H2,1-2H3. The van der Waals surface area contributed by atoms with Crippen molar-refractivity contribution in [1.29, 1.82) is 0 Å². The van der Waals surface area contributed by atoms with Crippen LogP contribution < -0.4 is 5.73 Å². The summed E-state index contributed by atoms with van der Waals surface area (Å²) < 4.78 is 5.26.